The lowest BCUT2D eigenvalue weighted by atomic mass is 10.00. The van der Waals surface area contributed by atoms with E-state index < -0.39 is 28.3 Å². The van der Waals surface area contributed by atoms with E-state index in [1.807, 2.05) is 43.0 Å². The summed E-state index contributed by atoms with van der Waals surface area (Å²) < 4.78 is 36.1. The van der Waals surface area contributed by atoms with Crippen molar-refractivity contribution in [1.29, 1.82) is 0 Å². The zero-order chi connectivity index (χ0) is 34.2. The predicted octanol–water partition coefficient (Wildman–Crippen LogP) is 3.95. The molecule has 1 saturated heterocycles. The molecule has 0 unspecified atom stereocenters. The molecule has 1 amide bonds. The van der Waals surface area contributed by atoms with Crippen LogP contribution in [0.3, 0.4) is 0 Å². The first-order chi connectivity index (χ1) is 22.9. The SMILES string of the molecule is Cc1cccc(C)c1-c1cc2nc(n1)NS(=O)(=O)c1cccc(c1)C(=O)N(Cc1ccc(N3C[C@@H](O)[C@@H](O)C3)nc1)[C@H](CC(C)C)CO2. The summed E-state index contributed by atoms with van der Waals surface area (Å²) >= 11 is 0. The Morgan fingerprint density at radius 1 is 0.979 bits per heavy atom. The molecule has 252 valence electrons. The van der Waals surface area contributed by atoms with E-state index in [2.05, 4.69) is 33.5 Å². The van der Waals surface area contributed by atoms with Gasteiger partial charge < -0.3 is 24.7 Å². The minimum absolute atomic E-state index is 0.0913. The molecule has 6 rings (SSSR count). The molecule has 2 aliphatic rings. The van der Waals surface area contributed by atoms with Gasteiger partial charge in [-0.05, 0) is 67.1 Å². The number of ether oxygens (including phenoxy) is 1. The summed E-state index contributed by atoms with van der Waals surface area (Å²) in [6.45, 7) is 8.88. The highest BCUT2D eigenvalue weighted by molar-refractivity contribution is 7.92. The van der Waals surface area contributed by atoms with Crippen LogP contribution in [0.15, 0.2) is 71.8 Å². The van der Waals surface area contributed by atoms with Crippen molar-refractivity contribution in [3.8, 4) is 17.1 Å². The minimum atomic E-state index is -4.18. The van der Waals surface area contributed by atoms with Crippen molar-refractivity contribution in [2.75, 3.05) is 29.3 Å². The summed E-state index contributed by atoms with van der Waals surface area (Å²) in [5, 5.41) is 20.0. The van der Waals surface area contributed by atoms with Crippen molar-refractivity contribution in [2.45, 2.75) is 63.8 Å². The molecule has 2 aromatic carbocycles. The molecule has 13 heteroatoms. The fraction of sp³-hybridized carbons (Fsp3) is 0.371. The first-order valence-electron chi connectivity index (χ1n) is 16.0. The summed E-state index contributed by atoms with van der Waals surface area (Å²) in [7, 11) is -4.18. The van der Waals surface area contributed by atoms with Gasteiger partial charge in [0.15, 0.2) is 0 Å². The summed E-state index contributed by atoms with van der Waals surface area (Å²) in [6, 6.07) is 16.7. The maximum atomic E-state index is 14.3. The summed E-state index contributed by atoms with van der Waals surface area (Å²) in [4.78, 5) is 31.3. The van der Waals surface area contributed by atoms with E-state index in [1.54, 1.807) is 35.4 Å². The highest BCUT2D eigenvalue weighted by Gasteiger charge is 2.32. The second-order valence-electron chi connectivity index (χ2n) is 12.9. The van der Waals surface area contributed by atoms with Gasteiger partial charge in [-0.15, -0.1) is 0 Å². The van der Waals surface area contributed by atoms with Crippen LogP contribution in [0, 0.1) is 19.8 Å². The Labute approximate surface area is 280 Å². The number of nitrogens with zero attached hydrogens (tertiary/aromatic N) is 5. The molecule has 0 radical (unpaired) electrons. The van der Waals surface area contributed by atoms with Crippen LogP contribution in [0.1, 0.15) is 47.3 Å². The van der Waals surface area contributed by atoms with Crippen LogP contribution >= 0.6 is 0 Å². The molecule has 4 aromatic rings. The van der Waals surface area contributed by atoms with Gasteiger partial charge >= 0.3 is 0 Å². The maximum absolute atomic E-state index is 14.3. The van der Waals surface area contributed by atoms with Crippen LogP contribution in [-0.4, -0.2) is 82.3 Å². The van der Waals surface area contributed by atoms with E-state index in [1.165, 1.54) is 12.1 Å². The third-order valence-electron chi connectivity index (χ3n) is 8.67. The first kappa shape index (κ1) is 33.3. The van der Waals surface area contributed by atoms with E-state index in [9.17, 15) is 23.4 Å². The van der Waals surface area contributed by atoms with Crippen LogP contribution in [0.2, 0.25) is 0 Å². The van der Waals surface area contributed by atoms with Gasteiger partial charge in [-0.25, -0.2) is 23.1 Å². The second-order valence-corrected chi connectivity index (χ2v) is 14.6. The highest BCUT2D eigenvalue weighted by Crippen LogP contribution is 2.31. The number of aryl methyl sites for hydroxylation is 2. The van der Waals surface area contributed by atoms with Gasteiger partial charge in [0.25, 0.3) is 15.9 Å². The third kappa shape index (κ3) is 7.13. The van der Waals surface area contributed by atoms with Crippen LogP contribution < -0.4 is 14.4 Å². The van der Waals surface area contributed by atoms with Crippen molar-refractivity contribution in [2.24, 2.45) is 5.92 Å². The predicted molar refractivity (Wildman–Crippen MR) is 181 cm³/mol. The molecule has 12 nitrogen and oxygen atoms in total. The molecule has 1 fully saturated rings. The number of carbonyl (C=O) groups is 1. The zero-order valence-electron chi connectivity index (χ0n) is 27.4. The van der Waals surface area contributed by atoms with Gasteiger partial charge in [0.05, 0.1) is 28.8 Å². The number of nitrogens with one attached hydrogen (secondary N) is 1. The van der Waals surface area contributed by atoms with Gasteiger partial charge in [0.2, 0.25) is 11.8 Å². The van der Waals surface area contributed by atoms with Gasteiger partial charge in [0.1, 0.15) is 12.4 Å². The van der Waals surface area contributed by atoms with Gasteiger partial charge in [-0.1, -0.05) is 44.2 Å². The van der Waals surface area contributed by atoms with Crippen LogP contribution in [0.25, 0.3) is 11.3 Å². The Morgan fingerprint density at radius 2 is 1.69 bits per heavy atom. The minimum Gasteiger partial charge on any atom is -0.475 e. The number of aliphatic hydroxyl groups is 2. The molecule has 3 N–H and O–H groups in total. The lowest BCUT2D eigenvalue weighted by molar-refractivity contribution is 0.0553. The van der Waals surface area contributed by atoms with Gasteiger partial charge in [-0.3, -0.25) is 4.79 Å². The number of β-amino-alcohol motifs (C(OH)–C–C–N with tert-alkyl or cyclic N) is 2. The summed E-state index contributed by atoms with van der Waals surface area (Å²) in [5.41, 5.74) is 4.24. The number of benzene rings is 2. The molecule has 2 aliphatic heterocycles. The molecule has 0 aliphatic carbocycles. The first-order valence-corrected chi connectivity index (χ1v) is 17.4. The Morgan fingerprint density at radius 3 is 2.35 bits per heavy atom. The molecule has 2 aromatic heterocycles. The maximum Gasteiger partial charge on any atom is 0.264 e. The number of fused-ring (bicyclic) bond motifs is 4. The van der Waals surface area contributed by atoms with Crippen molar-refractivity contribution < 1.29 is 28.2 Å². The standard InChI is InChI=1S/C35H40N6O6S/c1-21(2)13-26-20-47-32-15-28(33-22(3)7-5-8-23(33)4)37-35(38-32)39-48(45,46)27-10-6-9-25(14-27)34(44)41(26)17-24-11-12-31(36-16-24)40-18-29(42)30(43)19-40/h5-12,14-16,21,26,29-30,42-43H,13,17-20H2,1-4H3,(H,37,38,39)/t26-,29-,30+/m1/s1. The van der Waals surface area contributed by atoms with Gasteiger partial charge in [-0.2, -0.15) is 4.98 Å². The number of aliphatic hydroxyl groups excluding tert-OH is 2. The average molecular weight is 673 g/mol. The molecule has 0 saturated carbocycles. The molecule has 0 spiro atoms. The summed E-state index contributed by atoms with van der Waals surface area (Å²) in [6.07, 6.45) is 0.584. The van der Waals surface area contributed by atoms with E-state index in [4.69, 9.17) is 4.74 Å². The number of hydrogen-bond donors (Lipinski definition) is 3. The number of amides is 1. The number of hydrogen-bond acceptors (Lipinski definition) is 10. The molecular formula is C35H40N6O6S. The largest absolute Gasteiger partial charge is 0.475 e. The Hall–Kier alpha value is -4.59. The van der Waals surface area contributed by atoms with Gasteiger partial charge in [0, 0.05) is 43.0 Å². The number of sulfonamides is 1. The molecule has 48 heavy (non-hydrogen) atoms. The molecular weight excluding hydrogens is 632 g/mol. The number of pyridine rings is 1. The normalized spacial score (nSPS) is 20.8. The van der Waals surface area contributed by atoms with Crippen molar-refractivity contribution in [3.05, 3.63) is 89.1 Å². The van der Waals surface area contributed by atoms with E-state index in [0.717, 1.165) is 22.3 Å². The fourth-order valence-corrected chi connectivity index (χ4v) is 7.25. The van der Waals surface area contributed by atoms with E-state index in [0.29, 0.717) is 17.9 Å². The second kappa shape index (κ2) is 13.5. The third-order valence-corrected chi connectivity index (χ3v) is 10.00. The summed E-state index contributed by atoms with van der Waals surface area (Å²) in [5.74, 6) is 0.482. The number of aromatic nitrogens is 3. The molecule has 4 bridgehead atoms. The Kier molecular flexibility index (Phi) is 9.37. The van der Waals surface area contributed by atoms with Crippen LogP contribution in [0.5, 0.6) is 5.88 Å². The zero-order valence-corrected chi connectivity index (χ0v) is 28.2. The smallest absolute Gasteiger partial charge is 0.264 e. The lowest BCUT2D eigenvalue weighted by Gasteiger charge is -2.33. The Balaban J connectivity index is 1.41. The Bertz CT molecular complexity index is 1890. The number of anilines is 2. The number of rotatable bonds is 6. The van der Waals surface area contributed by atoms with Crippen molar-refractivity contribution in [1.82, 2.24) is 19.9 Å². The van der Waals surface area contributed by atoms with Crippen molar-refractivity contribution in [3.63, 3.8) is 0 Å². The number of carbonyl (C=O) groups excluding carboxylic acids is 1. The highest BCUT2D eigenvalue weighted by atomic mass is 32.2. The van der Waals surface area contributed by atoms with Crippen LogP contribution in [0.4, 0.5) is 11.8 Å². The van der Waals surface area contributed by atoms with E-state index in [-0.39, 0.29) is 60.4 Å². The topological polar surface area (TPSA) is 158 Å². The lowest BCUT2D eigenvalue weighted by Crippen LogP contribution is -2.44. The van der Waals surface area contributed by atoms with Crippen LogP contribution in [-0.2, 0) is 16.6 Å². The monoisotopic (exact) mass is 672 g/mol. The molecule has 4 heterocycles. The average Bonchev–Trinajstić information content (AvgIpc) is 3.38. The quantitative estimate of drug-likeness (QED) is 0.274. The molecule has 3 atom stereocenters. The van der Waals surface area contributed by atoms with Crippen molar-refractivity contribution >= 4 is 27.7 Å². The fourth-order valence-electron chi connectivity index (χ4n) is 6.26. The van der Waals surface area contributed by atoms with E-state index >= 15 is 0 Å².